The monoisotopic (exact) mass is 372 g/mol. The molecule has 27 heavy (non-hydrogen) atoms. The molecule has 0 spiro atoms. The summed E-state index contributed by atoms with van der Waals surface area (Å²) in [5, 5.41) is 5.71. The Morgan fingerprint density at radius 1 is 1.30 bits per heavy atom. The smallest absolute Gasteiger partial charge is 0.255 e. The van der Waals surface area contributed by atoms with E-state index in [0.29, 0.717) is 25.1 Å². The zero-order valence-electron chi connectivity index (χ0n) is 16.0. The lowest BCUT2D eigenvalue weighted by Gasteiger charge is -2.29. The summed E-state index contributed by atoms with van der Waals surface area (Å²) in [6.45, 7) is 6.01. The van der Waals surface area contributed by atoms with Gasteiger partial charge in [0.05, 0.1) is 0 Å². The van der Waals surface area contributed by atoms with Crippen LogP contribution in [0.3, 0.4) is 0 Å². The van der Waals surface area contributed by atoms with Crippen LogP contribution in [0.2, 0.25) is 0 Å². The number of nitrogens with two attached hydrogens (primary N) is 1. The molecule has 2 aliphatic heterocycles. The maximum Gasteiger partial charge on any atom is 0.255 e. The van der Waals surface area contributed by atoms with E-state index in [0.717, 1.165) is 30.5 Å². The number of carbonyl (C=O) groups is 3. The lowest BCUT2D eigenvalue weighted by Crippen LogP contribution is -2.52. The highest BCUT2D eigenvalue weighted by Gasteiger charge is 2.39. The van der Waals surface area contributed by atoms with Crippen LogP contribution in [0.1, 0.15) is 61.0 Å². The fraction of sp³-hybridized carbons (Fsp3) is 0.550. The molecular weight excluding hydrogens is 344 g/mol. The van der Waals surface area contributed by atoms with Crippen LogP contribution in [0, 0.1) is 0 Å². The van der Waals surface area contributed by atoms with Gasteiger partial charge in [0.15, 0.2) is 0 Å². The predicted octanol–water partition coefficient (Wildman–Crippen LogP) is 1.05. The maximum absolute atomic E-state index is 12.8. The number of imide groups is 1. The average Bonchev–Trinajstić information content (AvgIpc) is 2.90. The van der Waals surface area contributed by atoms with Gasteiger partial charge in [-0.2, -0.15) is 0 Å². The minimum absolute atomic E-state index is 0.133. The van der Waals surface area contributed by atoms with Crippen LogP contribution in [-0.4, -0.2) is 40.7 Å². The second-order valence-electron chi connectivity index (χ2n) is 8.16. The molecule has 0 bridgehead atoms. The molecule has 1 fully saturated rings. The SMILES string of the molecule is CC(C)(N)CCCNCc1ccc2c(c1)C(=O)N(C1CCC(=O)NC1=O)C2. The fourth-order valence-corrected chi connectivity index (χ4v) is 3.61. The van der Waals surface area contributed by atoms with Crippen molar-refractivity contribution in [3.63, 3.8) is 0 Å². The molecule has 7 heteroatoms. The van der Waals surface area contributed by atoms with E-state index < -0.39 is 6.04 Å². The number of carbonyl (C=O) groups excluding carboxylic acids is 3. The van der Waals surface area contributed by atoms with Crippen molar-refractivity contribution in [3.8, 4) is 0 Å². The summed E-state index contributed by atoms with van der Waals surface area (Å²) >= 11 is 0. The summed E-state index contributed by atoms with van der Waals surface area (Å²) in [6, 6.07) is 5.31. The van der Waals surface area contributed by atoms with Crippen LogP contribution in [0.15, 0.2) is 18.2 Å². The van der Waals surface area contributed by atoms with Crippen molar-refractivity contribution in [3.05, 3.63) is 34.9 Å². The van der Waals surface area contributed by atoms with Gasteiger partial charge in [-0.25, -0.2) is 0 Å². The highest BCUT2D eigenvalue weighted by atomic mass is 16.2. The van der Waals surface area contributed by atoms with Gasteiger partial charge < -0.3 is 16.0 Å². The molecule has 1 aromatic rings. The topological polar surface area (TPSA) is 105 Å². The van der Waals surface area contributed by atoms with Crippen LogP contribution >= 0.6 is 0 Å². The Morgan fingerprint density at radius 2 is 2.07 bits per heavy atom. The Hall–Kier alpha value is -2.25. The molecule has 3 rings (SSSR count). The van der Waals surface area contributed by atoms with Gasteiger partial charge in [0.25, 0.3) is 5.91 Å². The van der Waals surface area contributed by atoms with Crippen molar-refractivity contribution in [2.45, 2.75) is 64.2 Å². The third-order valence-corrected chi connectivity index (χ3v) is 5.10. The summed E-state index contributed by atoms with van der Waals surface area (Å²) in [5.41, 5.74) is 8.45. The molecule has 2 aliphatic rings. The third-order valence-electron chi connectivity index (χ3n) is 5.10. The zero-order chi connectivity index (χ0) is 19.6. The fourth-order valence-electron chi connectivity index (χ4n) is 3.61. The Kier molecular flexibility index (Phi) is 5.62. The molecular formula is C20H28N4O3. The van der Waals surface area contributed by atoms with E-state index in [9.17, 15) is 14.4 Å². The van der Waals surface area contributed by atoms with Gasteiger partial charge in [0, 0.05) is 30.6 Å². The summed E-state index contributed by atoms with van der Waals surface area (Å²) in [6.07, 6.45) is 2.60. The van der Waals surface area contributed by atoms with E-state index in [4.69, 9.17) is 5.73 Å². The number of hydrogen-bond acceptors (Lipinski definition) is 5. The van der Waals surface area contributed by atoms with Gasteiger partial charge in [0.1, 0.15) is 6.04 Å². The highest BCUT2D eigenvalue weighted by molar-refractivity contribution is 6.05. The van der Waals surface area contributed by atoms with Crippen molar-refractivity contribution in [1.29, 1.82) is 0 Å². The largest absolute Gasteiger partial charge is 0.326 e. The molecule has 7 nitrogen and oxygen atoms in total. The summed E-state index contributed by atoms with van der Waals surface area (Å²) in [4.78, 5) is 37.8. The Balaban J connectivity index is 1.58. The van der Waals surface area contributed by atoms with Crippen LogP contribution in [0.4, 0.5) is 0 Å². The van der Waals surface area contributed by atoms with E-state index in [2.05, 4.69) is 10.6 Å². The minimum atomic E-state index is -0.566. The molecule has 2 heterocycles. The average molecular weight is 372 g/mol. The van der Waals surface area contributed by atoms with E-state index in [1.165, 1.54) is 0 Å². The van der Waals surface area contributed by atoms with Crippen molar-refractivity contribution in [2.24, 2.45) is 5.73 Å². The number of nitrogens with zero attached hydrogens (tertiary/aromatic N) is 1. The van der Waals surface area contributed by atoms with Crippen LogP contribution < -0.4 is 16.4 Å². The maximum atomic E-state index is 12.8. The van der Waals surface area contributed by atoms with Crippen LogP contribution in [0.25, 0.3) is 0 Å². The number of benzene rings is 1. The Bertz CT molecular complexity index is 754. The first kappa shape index (κ1) is 19.5. The lowest BCUT2D eigenvalue weighted by molar-refractivity contribution is -0.136. The molecule has 3 amide bonds. The number of hydrogen-bond donors (Lipinski definition) is 3. The lowest BCUT2D eigenvalue weighted by atomic mass is 10.0. The second-order valence-corrected chi connectivity index (χ2v) is 8.16. The van der Waals surface area contributed by atoms with Crippen LogP contribution in [0.5, 0.6) is 0 Å². The molecule has 0 radical (unpaired) electrons. The molecule has 146 valence electrons. The minimum Gasteiger partial charge on any atom is -0.326 e. The number of amides is 3. The summed E-state index contributed by atoms with van der Waals surface area (Å²) in [5.74, 6) is -0.782. The first-order chi connectivity index (χ1) is 12.7. The first-order valence-corrected chi connectivity index (χ1v) is 9.51. The van der Waals surface area contributed by atoms with Crippen molar-refractivity contribution < 1.29 is 14.4 Å². The molecule has 0 aromatic heterocycles. The molecule has 1 saturated heterocycles. The van der Waals surface area contributed by atoms with Crippen LogP contribution in [-0.2, 0) is 22.7 Å². The van der Waals surface area contributed by atoms with Gasteiger partial charge in [-0.15, -0.1) is 0 Å². The normalized spacial score (nSPS) is 20.0. The molecule has 1 aromatic carbocycles. The molecule has 0 saturated carbocycles. The van der Waals surface area contributed by atoms with Crippen molar-refractivity contribution in [1.82, 2.24) is 15.5 Å². The summed E-state index contributed by atoms with van der Waals surface area (Å²) in [7, 11) is 0. The molecule has 0 aliphatic carbocycles. The van der Waals surface area contributed by atoms with E-state index >= 15 is 0 Å². The first-order valence-electron chi connectivity index (χ1n) is 9.51. The Labute approximate surface area is 159 Å². The Morgan fingerprint density at radius 3 is 2.78 bits per heavy atom. The number of fused-ring (bicyclic) bond motifs is 1. The number of piperidine rings is 1. The summed E-state index contributed by atoms with van der Waals surface area (Å²) < 4.78 is 0. The highest BCUT2D eigenvalue weighted by Crippen LogP contribution is 2.28. The molecule has 1 unspecified atom stereocenters. The number of rotatable bonds is 7. The van der Waals surface area contributed by atoms with E-state index in [1.807, 2.05) is 32.0 Å². The van der Waals surface area contributed by atoms with Gasteiger partial charge >= 0.3 is 0 Å². The van der Waals surface area contributed by atoms with Gasteiger partial charge in [0.2, 0.25) is 11.8 Å². The van der Waals surface area contributed by atoms with E-state index in [1.54, 1.807) is 4.90 Å². The predicted molar refractivity (Wildman–Crippen MR) is 102 cm³/mol. The van der Waals surface area contributed by atoms with Crippen molar-refractivity contribution in [2.75, 3.05) is 6.54 Å². The third kappa shape index (κ3) is 4.73. The second kappa shape index (κ2) is 7.78. The van der Waals surface area contributed by atoms with Gasteiger partial charge in [-0.1, -0.05) is 12.1 Å². The standard InChI is InChI=1S/C20H28N4O3/c1-20(2,21)8-3-9-22-11-13-4-5-14-12-24(19(27)15(14)10-13)16-6-7-17(25)23-18(16)26/h4-5,10,16,22H,3,6-9,11-12,21H2,1-2H3,(H,23,25,26). The van der Waals surface area contributed by atoms with Gasteiger partial charge in [-0.3, -0.25) is 19.7 Å². The molecule has 4 N–H and O–H groups in total. The zero-order valence-corrected chi connectivity index (χ0v) is 16.0. The quantitative estimate of drug-likeness (QED) is 0.490. The van der Waals surface area contributed by atoms with Crippen molar-refractivity contribution >= 4 is 17.7 Å². The van der Waals surface area contributed by atoms with E-state index in [-0.39, 0.29) is 29.7 Å². The van der Waals surface area contributed by atoms with Gasteiger partial charge in [-0.05, 0) is 56.8 Å². The number of nitrogens with one attached hydrogen (secondary N) is 2. The molecule has 1 atom stereocenters.